The minimum absolute atomic E-state index is 0.0956. The summed E-state index contributed by atoms with van der Waals surface area (Å²) in [5, 5.41) is 14.3. The fourth-order valence-corrected chi connectivity index (χ4v) is 3.81. The molecule has 2 aromatic rings. The maximum Gasteiger partial charge on any atom is 0.173 e. The lowest BCUT2D eigenvalue weighted by molar-refractivity contribution is -0.130. The monoisotopic (exact) mass is 324 g/mol. The second-order valence-corrected chi connectivity index (χ2v) is 6.71. The van der Waals surface area contributed by atoms with E-state index in [0.717, 1.165) is 11.3 Å². The van der Waals surface area contributed by atoms with Crippen molar-refractivity contribution in [3.63, 3.8) is 0 Å². The van der Waals surface area contributed by atoms with Crippen molar-refractivity contribution in [1.82, 2.24) is 9.78 Å². The highest BCUT2D eigenvalue weighted by Crippen LogP contribution is 2.39. The van der Waals surface area contributed by atoms with Crippen LogP contribution in [0.2, 0.25) is 0 Å². The average molecular weight is 324 g/mol. The number of hydrogen-bond acceptors (Lipinski definition) is 4. The maximum atomic E-state index is 13.0. The van der Waals surface area contributed by atoms with Crippen molar-refractivity contribution in [2.24, 2.45) is 11.8 Å². The SMILES string of the molecule is CC1CC(O)CC2OC=C(c3cnn(-c4ccccc4)c3)C(=O)C12. The number of ether oxygens (including phenoxy) is 1. The lowest BCUT2D eigenvalue weighted by atomic mass is 9.72. The van der Waals surface area contributed by atoms with E-state index in [2.05, 4.69) is 5.10 Å². The number of aliphatic hydroxyl groups excluding tert-OH is 1. The second-order valence-electron chi connectivity index (χ2n) is 6.71. The van der Waals surface area contributed by atoms with Crippen LogP contribution in [-0.2, 0) is 9.53 Å². The molecule has 0 spiro atoms. The lowest BCUT2D eigenvalue weighted by Crippen LogP contribution is -2.45. The summed E-state index contributed by atoms with van der Waals surface area (Å²) in [5.41, 5.74) is 2.28. The van der Waals surface area contributed by atoms with Crippen molar-refractivity contribution in [3.05, 3.63) is 54.6 Å². The van der Waals surface area contributed by atoms with Crippen molar-refractivity contribution in [2.45, 2.75) is 32.0 Å². The van der Waals surface area contributed by atoms with Gasteiger partial charge >= 0.3 is 0 Å². The summed E-state index contributed by atoms with van der Waals surface area (Å²) in [6.07, 6.45) is 5.66. The third kappa shape index (κ3) is 2.55. The number of ketones is 1. The Kier molecular flexibility index (Phi) is 3.73. The highest BCUT2D eigenvalue weighted by molar-refractivity contribution is 6.22. The van der Waals surface area contributed by atoms with Gasteiger partial charge in [0.15, 0.2) is 5.78 Å². The molecule has 1 N–H and O–H groups in total. The van der Waals surface area contributed by atoms with Crippen LogP contribution in [-0.4, -0.2) is 32.9 Å². The van der Waals surface area contributed by atoms with Gasteiger partial charge in [0.1, 0.15) is 6.10 Å². The molecule has 5 nitrogen and oxygen atoms in total. The molecule has 124 valence electrons. The van der Waals surface area contributed by atoms with E-state index in [9.17, 15) is 9.90 Å². The molecule has 1 aromatic carbocycles. The predicted octanol–water partition coefficient (Wildman–Crippen LogP) is 2.59. The van der Waals surface area contributed by atoms with Gasteiger partial charge in [0.25, 0.3) is 0 Å². The van der Waals surface area contributed by atoms with Crippen LogP contribution in [0.25, 0.3) is 11.3 Å². The van der Waals surface area contributed by atoms with E-state index in [1.165, 1.54) is 0 Å². The number of aromatic nitrogens is 2. The van der Waals surface area contributed by atoms with Crippen LogP contribution in [0, 0.1) is 11.8 Å². The molecule has 0 saturated heterocycles. The molecule has 4 atom stereocenters. The largest absolute Gasteiger partial charge is 0.496 e. The number of benzene rings is 1. The zero-order chi connectivity index (χ0) is 16.7. The fraction of sp³-hybridized carbons (Fsp3) is 0.368. The van der Waals surface area contributed by atoms with Crippen LogP contribution in [0.1, 0.15) is 25.3 Å². The summed E-state index contributed by atoms with van der Waals surface area (Å²) in [5.74, 6) is 0.0193. The van der Waals surface area contributed by atoms with E-state index in [4.69, 9.17) is 4.74 Å². The van der Waals surface area contributed by atoms with Gasteiger partial charge in [-0.25, -0.2) is 4.68 Å². The van der Waals surface area contributed by atoms with E-state index in [-0.39, 0.29) is 29.8 Å². The predicted molar refractivity (Wildman–Crippen MR) is 89.3 cm³/mol. The van der Waals surface area contributed by atoms with Crippen LogP contribution in [0.5, 0.6) is 0 Å². The summed E-state index contributed by atoms with van der Waals surface area (Å²) in [4.78, 5) is 13.0. The zero-order valence-corrected chi connectivity index (χ0v) is 13.5. The first-order valence-corrected chi connectivity index (χ1v) is 8.32. The van der Waals surface area contributed by atoms with Crippen LogP contribution in [0.4, 0.5) is 0 Å². The number of carbonyl (C=O) groups excluding carboxylic acids is 1. The van der Waals surface area contributed by atoms with Crippen LogP contribution < -0.4 is 0 Å². The molecule has 0 amide bonds. The Balaban J connectivity index is 1.63. The van der Waals surface area contributed by atoms with Crippen LogP contribution in [0.15, 0.2) is 49.0 Å². The summed E-state index contributed by atoms with van der Waals surface area (Å²) >= 11 is 0. The number of rotatable bonds is 2. The third-order valence-corrected chi connectivity index (χ3v) is 5.01. The molecule has 2 aliphatic rings. The van der Waals surface area contributed by atoms with E-state index in [1.54, 1.807) is 17.1 Å². The molecule has 5 heteroatoms. The Bertz CT molecular complexity index is 781. The fourth-order valence-electron chi connectivity index (χ4n) is 3.81. The number of Topliss-reactive ketones (excluding diaryl/α,β-unsaturated/α-hetero) is 1. The molecular weight excluding hydrogens is 304 g/mol. The molecule has 24 heavy (non-hydrogen) atoms. The molecule has 1 aliphatic heterocycles. The molecule has 1 aromatic heterocycles. The molecule has 1 fully saturated rings. The van der Waals surface area contributed by atoms with Crippen molar-refractivity contribution in [2.75, 3.05) is 0 Å². The van der Waals surface area contributed by atoms with Gasteiger partial charge in [0.2, 0.25) is 0 Å². The van der Waals surface area contributed by atoms with E-state index in [1.807, 2.05) is 43.5 Å². The summed E-state index contributed by atoms with van der Waals surface area (Å²) in [7, 11) is 0. The Hall–Kier alpha value is -2.40. The molecular formula is C19H20N2O3. The van der Waals surface area contributed by atoms with Crippen molar-refractivity contribution in [1.29, 1.82) is 0 Å². The summed E-state index contributed by atoms with van der Waals surface area (Å²) < 4.78 is 7.55. The van der Waals surface area contributed by atoms with E-state index in [0.29, 0.717) is 18.4 Å². The van der Waals surface area contributed by atoms with E-state index >= 15 is 0 Å². The first-order chi connectivity index (χ1) is 11.6. The molecule has 1 saturated carbocycles. The number of carbonyl (C=O) groups is 1. The van der Waals surface area contributed by atoms with Gasteiger partial charge in [-0.05, 0) is 24.5 Å². The van der Waals surface area contributed by atoms with Crippen molar-refractivity contribution in [3.8, 4) is 5.69 Å². The standard InChI is InChI=1S/C19H20N2O3/c1-12-7-15(22)8-17-18(12)19(23)16(11-24-17)13-9-20-21(10-13)14-5-3-2-4-6-14/h2-6,9-12,15,17-18,22H,7-8H2,1H3. The Morgan fingerprint density at radius 3 is 2.83 bits per heavy atom. The van der Waals surface area contributed by atoms with Gasteiger partial charge in [-0.3, -0.25) is 4.79 Å². The van der Waals surface area contributed by atoms with Gasteiger partial charge in [0.05, 0.1) is 35.7 Å². The van der Waals surface area contributed by atoms with Crippen LogP contribution in [0.3, 0.4) is 0 Å². The zero-order valence-electron chi connectivity index (χ0n) is 13.5. The summed E-state index contributed by atoms with van der Waals surface area (Å²) in [6, 6.07) is 9.78. The number of hydrogen-bond donors (Lipinski definition) is 1. The number of fused-ring (bicyclic) bond motifs is 1. The molecule has 4 unspecified atom stereocenters. The topological polar surface area (TPSA) is 64.3 Å². The van der Waals surface area contributed by atoms with E-state index < -0.39 is 0 Å². The molecule has 1 aliphatic carbocycles. The van der Waals surface area contributed by atoms with Crippen molar-refractivity contribution >= 4 is 11.4 Å². The minimum Gasteiger partial charge on any atom is -0.496 e. The van der Waals surface area contributed by atoms with Crippen LogP contribution >= 0.6 is 0 Å². The summed E-state index contributed by atoms with van der Waals surface area (Å²) in [6.45, 7) is 2.01. The molecule has 0 bridgehead atoms. The Labute approximate surface area is 140 Å². The minimum atomic E-state index is -0.384. The number of para-hydroxylation sites is 1. The number of aliphatic hydroxyl groups is 1. The quantitative estimate of drug-likeness (QED) is 0.922. The molecule has 0 radical (unpaired) electrons. The number of nitrogens with zero attached hydrogens (tertiary/aromatic N) is 2. The average Bonchev–Trinajstić information content (AvgIpc) is 3.05. The smallest absolute Gasteiger partial charge is 0.173 e. The van der Waals surface area contributed by atoms with Gasteiger partial charge in [-0.1, -0.05) is 25.1 Å². The second kappa shape index (κ2) is 5.91. The lowest BCUT2D eigenvalue weighted by Gasteiger charge is -2.39. The van der Waals surface area contributed by atoms with Gasteiger partial charge < -0.3 is 9.84 Å². The molecule has 4 rings (SSSR count). The Morgan fingerprint density at radius 2 is 2.04 bits per heavy atom. The van der Waals surface area contributed by atoms with Gasteiger partial charge in [0, 0.05) is 18.2 Å². The first-order valence-electron chi connectivity index (χ1n) is 8.32. The maximum absolute atomic E-state index is 13.0. The normalized spacial score (nSPS) is 29.6. The van der Waals surface area contributed by atoms with Crippen molar-refractivity contribution < 1.29 is 14.6 Å². The first kappa shape index (κ1) is 15.1. The number of allylic oxidation sites excluding steroid dienone is 1. The van der Waals surface area contributed by atoms with Gasteiger partial charge in [-0.2, -0.15) is 5.10 Å². The van der Waals surface area contributed by atoms with Gasteiger partial charge in [-0.15, -0.1) is 0 Å². The Morgan fingerprint density at radius 1 is 1.25 bits per heavy atom. The highest BCUT2D eigenvalue weighted by Gasteiger charge is 2.44. The highest BCUT2D eigenvalue weighted by atomic mass is 16.5. The molecule has 2 heterocycles. The third-order valence-electron chi connectivity index (χ3n) is 5.01.